The SMILES string of the molecule is CCc1c[nH]c(=S)n1-c1cc(Cl)ccc1F. The summed E-state index contributed by atoms with van der Waals surface area (Å²) in [5, 5.41) is 0.488. The first-order chi connectivity index (χ1) is 7.63. The quantitative estimate of drug-likeness (QED) is 0.809. The molecule has 2 aromatic rings. The molecule has 5 heteroatoms. The van der Waals surface area contributed by atoms with Gasteiger partial charge in [0.05, 0.1) is 5.69 Å². The molecule has 1 heterocycles. The van der Waals surface area contributed by atoms with Gasteiger partial charge in [0.15, 0.2) is 4.77 Å². The van der Waals surface area contributed by atoms with Gasteiger partial charge in [-0.1, -0.05) is 18.5 Å². The van der Waals surface area contributed by atoms with Crippen LogP contribution in [0.1, 0.15) is 12.6 Å². The molecule has 0 radical (unpaired) electrons. The van der Waals surface area contributed by atoms with E-state index in [0.29, 0.717) is 15.5 Å². The number of rotatable bonds is 2. The molecule has 0 spiro atoms. The lowest BCUT2D eigenvalue weighted by atomic mass is 10.2. The maximum atomic E-state index is 13.7. The molecule has 0 aliphatic rings. The van der Waals surface area contributed by atoms with E-state index in [0.717, 1.165) is 12.1 Å². The lowest BCUT2D eigenvalue weighted by Crippen LogP contribution is -2.01. The maximum Gasteiger partial charge on any atom is 0.182 e. The molecule has 0 fully saturated rings. The zero-order chi connectivity index (χ0) is 11.7. The second kappa shape index (κ2) is 4.39. The lowest BCUT2D eigenvalue weighted by molar-refractivity contribution is 0.615. The highest BCUT2D eigenvalue weighted by Gasteiger charge is 2.10. The van der Waals surface area contributed by atoms with Crippen molar-refractivity contribution >= 4 is 23.8 Å². The normalized spacial score (nSPS) is 10.7. The smallest absolute Gasteiger partial charge is 0.182 e. The van der Waals surface area contributed by atoms with Crippen LogP contribution in [-0.2, 0) is 6.42 Å². The predicted molar refractivity (Wildman–Crippen MR) is 65.3 cm³/mol. The summed E-state index contributed by atoms with van der Waals surface area (Å²) in [5.41, 5.74) is 1.31. The van der Waals surface area contributed by atoms with Gasteiger partial charge in [-0.05, 0) is 36.8 Å². The van der Waals surface area contributed by atoms with E-state index >= 15 is 0 Å². The topological polar surface area (TPSA) is 20.7 Å². The van der Waals surface area contributed by atoms with Gasteiger partial charge in [-0.15, -0.1) is 0 Å². The van der Waals surface area contributed by atoms with E-state index in [1.807, 2.05) is 6.92 Å². The van der Waals surface area contributed by atoms with Crippen LogP contribution in [0.5, 0.6) is 0 Å². The van der Waals surface area contributed by atoms with E-state index in [-0.39, 0.29) is 5.82 Å². The van der Waals surface area contributed by atoms with Gasteiger partial charge in [0.2, 0.25) is 0 Å². The fourth-order valence-electron chi connectivity index (χ4n) is 1.59. The zero-order valence-corrected chi connectivity index (χ0v) is 10.2. The molecule has 0 unspecified atom stereocenters. The zero-order valence-electron chi connectivity index (χ0n) is 8.63. The molecule has 0 amide bonds. The number of nitrogens with zero attached hydrogens (tertiary/aromatic N) is 1. The molecule has 16 heavy (non-hydrogen) atoms. The van der Waals surface area contributed by atoms with E-state index in [1.54, 1.807) is 16.8 Å². The summed E-state index contributed by atoms with van der Waals surface area (Å²) >= 11 is 11.0. The Hall–Kier alpha value is -1.13. The van der Waals surface area contributed by atoms with Gasteiger partial charge in [0.25, 0.3) is 0 Å². The van der Waals surface area contributed by atoms with Crippen molar-refractivity contribution in [1.29, 1.82) is 0 Å². The summed E-state index contributed by atoms with van der Waals surface area (Å²) < 4.78 is 15.8. The van der Waals surface area contributed by atoms with E-state index in [1.165, 1.54) is 12.1 Å². The number of benzene rings is 1. The summed E-state index contributed by atoms with van der Waals surface area (Å²) in [5.74, 6) is -0.338. The predicted octanol–water partition coefficient (Wildman–Crippen LogP) is 3.89. The van der Waals surface area contributed by atoms with Crippen LogP contribution in [0.2, 0.25) is 5.02 Å². The number of hydrogen-bond acceptors (Lipinski definition) is 1. The van der Waals surface area contributed by atoms with Crippen LogP contribution in [0.25, 0.3) is 5.69 Å². The van der Waals surface area contributed by atoms with Gasteiger partial charge >= 0.3 is 0 Å². The molecule has 1 aromatic heterocycles. The summed E-state index contributed by atoms with van der Waals surface area (Å²) in [4.78, 5) is 2.90. The second-order valence-corrected chi connectivity index (χ2v) is 4.19. The first-order valence-corrected chi connectivity index (χ1v) is 5.67. The Balaban J connectivity index is 2.71. The Bertz CT molecular complexity index is 574. The van der Waals surface area contributed by atoms with E-state index in [4.69, 9.17) is 23.8 Å². The average molecular weight is 257 g/mol. The Morgan fingerprint density at radius 2 is 2.25 bits per heavy atom. The summed E-state index contributed by atoms with van der Waals surface area (Å²) in [6.45, 7) is 1.98. The fraction of sp³-hybridized carbons (Fsp3) is 0.182. The van der Waals surface area contributed by atoms with Crippen molar-refractivity contribution in [2.45, 2.75) is 13.3 Å². The highest BCUT2D eigenvalue weighted by molar-refractivity contribution is 7.71. The molecule has 1 aromatic carbocycles. The monoisotopic (exact) mass is 256 g/mol. The number of aromatic amines is 1. The highest BCUT2D eigenvalue weighted by Crippen LogP contribution is 2.21. The van der Waals surface area contributed by atoms with Crippen molar-refractivity contribution in [3.63, 3.8) is 0 Å². The molecule has 2 nitrogen and oxygen atoms in total. The van der Waals surface area contributed by atoms with Crippen molar-refractivity contribution in [2.24, 2.45) is 0 Å². The van der Waals surface area contributed by atoms with Gasteiger partial charge in [-0.2, -0.15) is 0 Å². The van der Waals surface area contributed by atoms with Gasteiger partial charge < -0.3 is 4.98 Å². The highest BCUT2D eigenvalue weighted by atomic mass is 35.5. The molecule has 0 saturated carbocycles. The molecule has 0 atom stereocenters. The molecule has 2 rings (SSSR count). The Morgan fingerprint density at radius 1 is 1.50 bits per heavy atom. The first-order valence-electron chi connectivity index (χ1n) is 4.88. The maximum absolute atomic E-state index is 13.7. The van der Waals surface area contributed by atoms with Crippen LogP contribution in [0, 0.1) is 10.6 Å². The van der Waals surface area contributed by atoms with Crippen molar-refractivity contribution in [2.75, 3.05) is 0 Å². The minimum Gasteiger partial charge on any atom is -0.337 e. The molecule has 84 valence electrons. The number of aryl methyl sites for hydroxylation is 1. The van der Waals surface area contributed by atoms with Crippen molar-refractivity contribution in [3.05, 3.63) is 45.7 Å². The largest absolute Gasteiger partial charge is 0.337 e. The third-order valence-electron chi connectivity index (χ3n) is 2.36. The van der Waals surface area contributed by atoms with Crippen LogP contribution < -0.4 is 0 Å². The summed E-state index contributed by atoms with van der Waals surface area (Å²) in [6.07, 6.45) is 2.54. The van der Waals surface area contributed by atoms with Crippen LogP contribution in [0.4, 0.5) is 4.39 Å². The van der Waals surface area contributed by atoms with Crippen molar-refractivity contribution < 1.29 is 4.39 Å². The molecule has 0 bridgehead atoms. The molecule has 0 saturated heterocycles. The van der Waals surface area contributed by atoms with Crippen LogP contribution in [0.15, 0.2) is 24.4 Å². The second-order valence-electron chi connectivity index (χ2n) is 3.37. The minimum atomic E-state index is -0.338. The number of halogens is 2. The Labute approximate surface area is 103 Å². The van der Waals surface area contributed by atoms with E-state index in [9.17, 15) is 4.39 Å². The number of H-pyrrole nitrogens is 1. The van der Waals surface area contributed by atoms with Gasteiger partial charge in [-0.25, -0.2) is 4.39 Å². The average Bonchev–Trinajstić information content (AvgIpc) is 2.63. The number of aromatic nitrogens is 2. The van der Waals surface area contributed by atoms with Gasteiger partial charge in [0, 0.05) is 16.9 Å². The van der Waals surface area contributed by atoms with Gasteiger partial charge in [-0.3, -0.25) is 4.57 Å². The third-order valence-corrected chi connectivity index (χ3v) is 2.90. The summed E-state index contributed by atoms with van der Waals surface area (Å²) in [6, 6.07) is 4.42. The number of nitrogens with one attached hydrogen (secondary N) is 1. The van der Waals surface area contributed by atoms with Crippen LogP contribution in [-0.4, -0.2) is 9.55 Å². The molecular formula is C11H10ClFN2S. The lowest BCUT2D eigenvalue weighted by Gasteiger charge is -2.08. The molecule has 0 aliphatic heterocycles. The van der Waals surface area contributed by atoms with Crippen molar-refractivity contribution in [1.82, 2.24) is 9.55 Å². The van der Waals surface area contributed by atoms with Crippen LogP contribution in [0.3, 0.4) is 0 Å². The third kappa shape index (κ3) is 1.90. The first kappa shape index (κ1) is 11.4. The van der Waals surface area contributed by atoms with E-state index in [2.05, 4.69) is 4.98 Å². The van der Waals surface area contributed by atoms with Crippen molar-refractivity contribution in [3.8, 4) is 5.69 Å². The number of imidazole rings is 1. The Kier molecular flexibility index (Phi) is 3.12. The number of hydrogen-bond donors (Lipinski definition) is 1. The summed E-state index contributed by atoms with van der Waals surface area (Å²) in [7, 11) is 0. The van der Waals surface area contributed by atoms with Gasteiger partial charge in [0.1, 0.15) is 5.82 Å². The van der Waals surface area contributed by atoms with Crippen LogP contribution >= 0.6 is 23.8 Å². The minimum absolute atomic E-state index is 0.338. The Morgan fingerprint density at radius 3 is 2.94 bits per heavy atom. The molecule has 1 N–H and O–H groups in total. The standard InChI is InChI=1S/C11H10ClFN2S/c1-2-8-6-14-11(16)15(8)10-5-7(12)3-4-9(10)13/h3-6H,2H2,1H3,(H,14,16). The van der Waals surface area contributed by atoms with E-state index < -0.39 is 0 Å². The molecular weight excluding hydrogens is 247 g/mol. The molecule has 0 aliphatic carbocycles. The fourth-order valence-corrected chi connectivity index (χ4v) is 2.03.